The zero-order chi connectivity index (χ0) is 33.1. The summed E-state index contributed by atoms with van der Waals surface area (Å²) in [5, 5.41) is 9.77. The fourth-order valence-corrected chi connectivity index (χ4v) is 6.69. The van der Waals surface area contributed by atoms with Crippen LogP contribution in [0.5, 0.6) is 11.5 Å². The molecule has 1 atom stereocenters. The molecule has 1 N–H and O–H groups in total. The third-order valence-corrected chi connectivity index (χ3v) is 9.59. The molecule has 2 fully saturated rings. The van der Waals surface area contributed by atoms with Gasteiger partial charge in [-0.3, -0.25) is 4.79 Å². The maximum atomic E-state index is 11.9. The SMILES string of the molecule is CC.CSc1cc(C#CC2(C(=O)O)CC2)c(OCc2cccc(OC(C)C)c2)cc1N(C[C@H](C)C1CCCCC1)c1ccccc1. The average Bonchev–Trinajstić information content (AvgIpc) is 3.88. The Balaban J connectivity index is 0.00000235. The highest BCUT2D eigenvalue weighted by atomic mass is 32.2. The number of hydrogen-bond acceptors (Lipinski definition) is 5. The standard InChI is InChI=1S/C38H45NO4S.C2H6/c1-27(2)43-33-17-11-12-29(22-33)26-42-35-24-34(36(44-4)23-31(35)18-19-38(20-21-38)37(40)41)39(32-15-9-6-10-16-32)25-28(3)30-13-7-5-8-14-30;1-2/h6,9-12,15-17,22-24,27-28,30H,5,7-8,13-14,20-21,25-26H2,1-4H3,(H,40,41);1-2H3/t28-;/m0./s1. The number of aliphatic carboxylic acids is 1. The number of para-hydroxylation sites is 1. The lowest BCUT2D eigenvalue weighted by molar-refractivity contribution is -0.141. The number of thioether (sulfide) groups is 1. The average molecular weight is 642 g/mol. The second-order valence-corrected chi connectivity index (χ2v) is 13.4. The van der Waals surface area contributed by atoms with Gasteiger partial charge < -0.3 is 19.5 Å². The summed E-state index contributed by atoms with van der Waals surface area (Å²) < 4.78 is 12.4. The second kappa shape index (κ2) is 16.8. The molecule has 0 amide bonds. The first-order valence-corrected chi connectivity index (χ1v) is 18.2. The van der Waals surface area contributed by atoms with Gasteiger partial charge in [0.25, 0.3) is 0 Å². The van der Waals surface area contributed by atoms with Gasteiger partial charge in [-0.1, -0.05) is 95.0 Å². The van der Waals surface area contributed by atoms with Gasteiger partial charge in [-0.05, 0) is 80.7 Å². The number of ether oxygens (including phenoxy) is 2. The number of nitrogens with zero attached hydrogens (tertiary/aromatic N) is 1. The van der Waals surface area contributed by atoms with E-state index in [2.05, 4.69) is 72.4 Å². The molecule has 0 unspecified atom stereocenters. The van der Waals surface area contributed by atoms with Crippen LogP contribution in [0.25, 0.3) is 0 Å². The fourth-order valence-electron chi connectivity index (χ4n) is 6.08. The summed E-state index contributed by atoms with van der Waals surface area (Å²) in [6.07, 6.45) is 9.93. The van der Waals surface area contributed by atoms with Crippen LogP contribution in [0.15, 0.2) is 71.6 Å². The normalized spacial score (nSPS) is 15.9. The summed E-state index contributed by atoms with van der Waals surface area (Å²) >= 11 is 1.68. The Kier molecular flexibility index (Phi) is 12.9. The van der Waals surface area contributed by atoms with Crippen molar-refractivity contribution in [3.8, 4) is 23.3 Å². The first-order valence-electron chi connectivity index (χ1n) is 17.0. The number of rotatable bonds is 12. The van der Waals surface area contributed by atoms with Gasteiger partial charge in [-0.25, -0.2) is 0 Å². The summed E-state index contributed by atoms with van der Waals surface area (Å²) in [5.74, 6) is 8.20. The molecule has 0 spiro atoms. The highest BCUT2D eigenvalue weighted by Crippen LogP contribution is 2.46. The van der Waals surface area contributed by atoms with E-state index in [1.54, 1.807) is 11.8 Å². The molecule has 0 radical (unpaired) electrons. The second-order valence-electron chi connectivity index (χ2n) is 12.6. The lowest BCUT2D eigenvalue weighted by Gasteiger charge is -2.34. The van der Waals surface area contributed by atoms with E-state index in [1.807, 2.05) is 52.0 Å². The van der Waals surface area contributed by atoms with Gasteiger partial charge in [0.2, 0.25) is 0 Å². The van der Waals surface area contributed by atoms with E-state index in [0.29, 0.717) is 36.7 Å². The lowest BCUT2D eigenvalue weighted by atomic mass is 9.80. The third-order valence-electron chi connectivity index (χ3n) is 8.83. The van der Waals surface area contributed by atoms with E-state index < -0.39 is 11.4 Å². The summed E-state index contributed by atoms with van der Waals surface area (Å²) in [4.78, 5) is 15.4. The number of benzene rings is 3. The predicted octanol–water partition coefficient (Wildman–Crippen LogP) is 10.4. The Hall–Kier alpha value is -3.56. The Morgan fingerprint density at radius 2 is 1.72 bits per heavy atom. The topological polar surface area (TPSA) is 59.0 Å². The first-order chi connectivity index (χ1) is 22.3. The molecule has 2 aliphatic rings. The minimum atomic E-state index is -0.941. The van der Waals surface area contributed by atoms with Gasteiger partial charge in [0.1, 0.15) is 23.5 Å². The molecule has 46 heavy (non-hydrogen) atoms. The number of carboxylic acids is 1. The van der Waals surface area contributed by atoms with Crippen LogP contribution in [-0.2, 0) is 11.4 Å². The van der Waals surface area contributed by atoms with Gasteiger partial charge in [0.05, 0.1) is 17.4 Å². The number of carboxylic acid groups (broad SMARTS) is 1. The highest BCUT2D eigenvalue weighted by Gasteiger charge is 2.49. The van der Waals surface area contributed by atoms with E-state index in [1.165, 1.54) is 32.1 Å². The molecule has 0 aliphatic heterocycles. The molecule has 2 aliphatic carbocycles. The Morgan fingerprint density at radius 3 is 2.35 bits per heavy atom. The van der Waals surface area contributed by atoms with Crippen molar-refractivity contribution in [3.05, 3.63) is 77.9 Å². The zero-order valence-corrected chi connectivity index (χ0v) is 29.3. The molecular formula is C40H51NO4S. The molecule has 0 saturated heterocycles. The summed E-state index contributed by atoms with van der Waals surface area (Å²) in [5.41, 5.74) is 3.00. The quantitative estimate of drug-likeness (QED) is 0.157. The molecule has 5 rings (SSSR count). The summed E-state index contributed by atoms with van der Waals surface area (Å²) in [6.45, 7) is 11.7. The van der Waals surface area contributed by atoms with E-state index in [0.717, 1.165) is 40.0 Å². The molecule has 246 valence electrons. The summed E-state index contributed by atoms with van der Waals surface area (Å²) in [6, 6.07) is 22.8. The first kappa shape index (κ1) is 35.3. The number of anilines is 2. The monoisotopic (exact) mass is 641 g/mol. The van der Waals surface area contributed by atoms with Crippen LogP contribution >= 0.6 is 11.8 Å². The van der Waals surface area contributed by atoms with Crippen molar-refractivity contribution >= 4 is 29.1 Å². The van der Waals surface area contributed by atoms with Gasteiger partial charge in [0, 0.05) is 23.2 Å². The van der Waals surface area contributed by atoms with Crippen LogP contribution in [0.3, 0.4) is 0 Å². The maximum absolute atomic E-state index is 11.9. The largest absolute Gasteiger partial charge is 0.491 e. The number of hydrogen-bond donors (Lipinski definition) is 1. The predicted molar refractivity (Wildman–Crippen MR) is 191 cm³/mol. The number of carbonyl (C=O) groups is 1. The van der Waals surface area contributed by atoms with Crippen LogP contribution in [-0.4, -0.2) is 30.0 Å². The molecule has 2 saturated carbocycles. The van der Waals surface area contributed by atoms with Crippen LogP contribution < -0.4 is 14.4 Å². The van der Waals surface area contributed by atoms with Crippen molar-refractivity contribution in [1.29, 1.82) is 0 Å². The molecular weight excluding hydrogens is 591 g/mol. The van der Waals surface area contributed by atoms with Gasteiger partial charge in [-0.15, -0.1) is 11.8 Å². The van der Waals surface area contributed by atoms with Crippen molar-refractivity contribution in [2.45, 2.75) is 97.2 Å². The van der Waals surface area contributed by atoms with Gasteiger partial charge >= 0.3 is 5.97 Å². The molecule has 0 aromatic heterocycles. The van der Waals surface area contributed by atoms with E-state index in [4.69, 9.17) is 9.47 Å². The Bertz CT molecular complexity index is 1480. The lowest BCUT2D eigenvalue weighted by Crippen LogP contribution is -2.29. The highest BCUT2D eigenvalue weighted by molar-refractivity contribution is 7.98. The van der Waals surface area contributed by atoms with Crippen molar-refractivity contribution < 1.29 is 19.4 Å². The minimum absolute atomic E-state index is 0.0821. The smallest absolute Gasteiger partial charge is 0.321 e. The maximum Gasteiger partial charge on any atom is 0.321 e. The van der Waals surface area contributed by atoms with E-state index in [9.17, 15) is 9.90 Å². The van der Waals surface area contributed by atoms with Crippen LogP contribution in [0, 0.1) is 29.1 Å². The molecule has 3 aromatic rings. The molecule has 5 nitrogen and oxygen atoms in total. The molecule has 0 heterocycles. The van der Waals surface area contributed by atoms with Crippen molar-refractivity contribution in [1.82, 2.24) is 0 Å². The van der Waals surface area contributed by atoms with Crippen LogP contribution in [0.2, 0.25) is 0 Å². The van der Waals surface area contributed by atoms with Gasteiger partial charge in [0.15, 0.2) is 0 Å². The van der Waals surface area contributed by atoms with Crippen LogP contribution in [0.4, 0.5) is 11.4 Å². The molecule has 6 heteroatoms. The van der Waals surface area contributed by atoms with Crippen molar-refractivity contribution in [2.24, 2.45) is 17.3 Å². The van der Waals surface area contributed by atoms with Crippen molar-refractivity contribution in [2.75, 3.05) is 17.7 Å². The Morgan fingerprint density at radius 1 is 1.00 bits per heavy atom. The Labute approximate surface area is 281 Å². The minimum Gasteiger partial charge on any atom is -0.491 e. The molecule has 3 aromatic carbocycles. The fraction of sp³-hybridized carbons (Fsp3) is 0.475. The third kappa shape index (κ3) is 9.26. The van der Waals surface area contributed by atoms with Gasteiger partial charge in [-0.2, -0.15) is 0 Å². The van der Waals surface area contributed by atoms with E-state index in [-0.39, 0.29) is 6.10 Å². The molecule has 0 bridgehead atoms. The zero-order valence-electron chi connectivity index (χ0n) is 28.5. The van der Waals surface area contributed by atoms with E-state index >= 15 is 0 Å². The van der Waals surface area contributed by atoms with Crippen LogP contribution in [0.1, 0.15) is 90.7 Å². The summed E-state index contributed by atoms with van der Waals surface area (Å²) in [7, 11) is 0. The van der Waals surface area contributed by atoms with Crippen molar-refractivity contribution in [3.63, 3.8) is 0 Å².